The van der Waals surface area contributed by atoms with Gasteiger partial charge in [-0.1, -0.05) is 18.2 Å². The maximum absolute atomic E-state index is 11.5. The maximum Gasteiger partial charge on any atom is 0.413 e. The highest BCUT2D eigenvalue weighted by atomic mass is 16.6. The number of hydrogen-bond acceptors (Lipinski definition) is 2. The van der Waals surface area contributed by atoms with Crippen LogP contribution in [-0.2, 0) is 24.1 Å². The second-order valence-corrected chi connectivity index (χ2v) is 5.95. The molecule has 2 aliphatic rings. The molecular weight excluding hydrogens is 276 g/mol. The number of carbonyl (C=O) groups is 1. The SMILES string of the molecule is O=C1OCCN1/C=C/Cn1c2c(c3ccccc31)CCCC2. The van der Waals surface area contributed by atoms with Gasteiger partial charge >= 0.3 is 6.09 Å². The molecule has 0 bridgehead atoms. The molecule has 0 N–H and O–H groups in total. The van der Waals surface area contributed by atoms with Crippen LogP contribution in [0.5, 0.6) is 0 Å². The zero-order chi connectivity index (χ0) is 14.9. The van der Waals surface area contributed by atoms with E-state index in [1.165, 1.54) is 41.4 Å². The van der Waals surface area contributed by atoms with E-state index in [4.69, 9.17) is 4.74 Å². The number of nitrogens with zero attached hydrogens (tertiary/aromatic N) is 2. The average molecular weight is 296 g/mol. The lowest BCUT2D eigenvalue weighted by molar-refractivity contribution is 0.166. The Morgan fingerprint density at radius 1 is 1.18 bits per heavy atom. The highest BCUT2D eigenvalue weighted by Gasteiger charge is 2.20. The first kappa shape index (κ1) is 13.4. The normalized spacial score (nSPS) is 18.2. The molecule has 2 aromatic rings. The minimum absolute atomic E-state index is 0.240. The van der Waals surface area contributed by atoms with Crippen LogP contribution in [0.4, 0.5) is 4.79 Å². The first-order chi connectivity index (χ1) is 10.8. The fourth-order valence-electron chi connectivity index (χ4n) is 3.62. The van der Waals surface area contributed by atoms with Gasteiger partial charge in [0.15, 0.2) is 0 Å². The molecule has 1 fully saturated rings. The van der Waals surface area contributed by atoms with Crippen LogP contribution in [0.2, 0.25) is 0 Å². The standard InChI is InChI=1S/C18H20N2O2/c21-18-19(12-13-22-18)10-5-11-20-16-8-3-1-6-14(16)15-7-2-4-9-17(15)20/h1,3,5-6,8,10H,2,4,7,9,11-13H2/b10-5+. The molecule has 0 atom stereocenters. The molecule has 22 heavy (non-hydrogen) atoms. The van der Waals surface area contributed by atoms with Gasteiger partial charge in [-0.15, -0.1) is 0 Å². The van der Waals surface area contributed by atoms with Crippen molar-refractivity contribution in [1.82, 2.24) is 9.47 Å². The summed E-state index contributed by atoms with van der Waals surface area (Å²) in [5.74, 6) is 0. The molecule has 4 rings (SSSR count). The Morgan fingerprint density at radius 2 is 2.05 bits per heavy atom. The van der Waals surface area contributed by atoms with Gasteiger partial charge in [-0.25, -0.2) is 4.79 Å². The van der Waals surface area contributed by atoms with E-state index in [0.29, 0.717) is 13.2 Å². The Hall–Kier alpha value is -2.23. The number of amides is 1. The summed E-state index contributed by atoms with van der Waals surface area (Å²) in [4.78, 5) is 13.1. The molecule has 114 valence electrons. The van der Waals surface area contributed by atoms with Gasteiger partial charge in [-0.2, -0.15) is 0 Å². The third-order valence-electron chi connectivity index (χ3n) is 4.65. The predicted molar refractivity (Wildman–Crippen MR) is 85.8 cm³/mol. The number of fused-ring (bicyclic) bond motifs is 3. The van der Waals surface area contributed by atoms with Crippen LogP contribution in [0.3, 0.4) is 0 Å². The van der Waals surface area contributed by atoms with Crippen LogP contribution >= 0.6 is 0 Å². The Morgan fingerprint density at radius 3 is 2.91 bits per heavy atom. The molecule has 1 aliphatic heterocycles. The number of ether oxygens (including phenoxy) is 1. The number of rotatable bonds is 3. The maximum atomic E-state index is 11.5. The Labute approximate surface area is 130 Å². The van der Waals surface area contributed by atoms with Gasteiger partial charge in [0.25, 0.3) is 0 Å². The van der Waals surface area contributed by atoms with Crippen molar-refractivity contribution in [2.75, 3.05) is 13.2 Å². The lowest BCUT2D eigenvalue weighted by atomic mass is 9.96. The largest absolute Gasteiger partial charge is 0.447 e. The number of hydrogen-bond donors (Lipinski definition) is 0. The monoisotopic (exact) mass is 296 g/mol. The molecule has 1 amide bonds. The van der Waals surface area contributed by atoms with Crippen LogP contribution in [0, 0.1) is 0 Å². The zero-order valence-electron chi connectivity index (χ0n) is 12.6. The van der Waals surface area contributed by atoms with E-state index in [1.807, 2.05) is 6.20 Å². The van der Waals surface area contributed by atoms with Gasteiger partial charge < -0.3 is 9.30 Å². The van der Waals surface area contributed by atoms with Crippen LogP contribution in [0.1, 0.15) is 24.1 Å². The molecule has 0 unspecified atom stereocenters. The van der Waals surface area contributed by atoms with Crippen LogP contribution in [0.15, 0.2) is 36.5 Å². The molecular formula is C18H20N2O2. The van der Waals surface area contributed by atoms with E-state index in [0.717, 1.165) is 13.0 Å². The van der Waals surface area contributed by atoms with Gasteiger partial charge in [0, 0.05) is 29.3 Å². The smallest absolute Gasteiger partial charge is 0.413 e. The van der Waals surface area contributed by atoms with E-state index in [9.17, 15) is 4.79 Å². The van der Waals surface area contributed by atoms with Crippen molar-refractivity contribution in [3.63, 3.8) is 0 Å². The summed E-state index contributed by atoms with van der Waals surface area (Å²) in [5.41, 5.74) is 4.31. The third-order valence-corrected chi connectivity index (χ3v) is 4.65. The second-order valence-electron chi connectivity index (χ2n) is 5.95. The number of aromatic nitrogens is 1. The molecule has 1 aliphatic carbocycles. The number of para-hydroxylation sites is 1. The van der Waals surface area contributed by atoms with Gasteiger partial charge in [0.1, 0.15) is 6.61 Å². The summed E-state index contributed by atoms with van der Waals surface area (Å²) in [6.45, 7) is 1.95. The second kappa shape index (κ2) is 5.52. The fourth-order valence-corrected chi connectivity index (χ4v) is 3.62. The van der Waals surface area contributed by atoms with Crippen LogP contribution in [0.25, 0.3) is 10.9 Å². The third kappa shape index (κ3) is 2.19. The Kier molecular flexibility index (Phi) is 3.37. The average Bonchev–Trinajstić information content (AvgIpc) is 3.10. The fraction of sp³-hybridized carbons (Fsp3) is 0.389. The molecule has 1 saturated heterocycles. The minimum Gasteiger partial charge on any atom is -0.447 e. The van der Waals surface area contributed by atoms with Crippen molar-refractivity contribution in [3.8, 4) is 0 Å². The molecule has 1 aromatic carbocycles. The molecule has 4 heteroatoms. The van der Waals surface area contributed by atoms with Crippen LogP contribution < -0.4 is 0 Å². The van der Waals surface area contributed by atoms with Crippen molar-refractivity contribution in [3.05, 3.63) is 47.8 Å². The number of aryl methyl sites for hydroxylation is 1. The van der Waals surface area contributed by atoms with E-state index in [1.54, 1.807) is 4.90 Å². The van der Waals surface area contributed by atoms with Gasteiger partial charge in [-0.3, -0.25) is 4.90 Å². The van der Waals surface area contributed by atoms with E-state index in [-0.39, 0.29) is 6.09 Å². The molecule has 1 aromatic heterocycles. The summed E-state index contributed by atoms with van der Waals surface area (Å²) in [7, 11) is 0. The summed E-state index contributed by atoms with van der Waals surface area (Å²) in [6.07, 6.45) is 8.58. The summed E-state index contributed by atoms with van der Waals surface area (Å²) in [5, 5.41) is 1.39. The number of benzene rings is 1. The molecule has 4 nitrogen and oxygen atoms in total. The Balaban J connectivity index is 1.66. The predicted octanol–water partition coefficient (Wildman–Crippen LogP) is 3.49. The van der Waals surface area contributed by atoms with Crippen molar-refractivity contribution < 1.29 is 9.53 Å². The van der Waals surface area contributed by atoms with Gasteiger partial charge in [0.2, 0.25) is 0 Å². The minimum atomic E-state index is -0.240. The quantitative estimate of drug-likeness (QED) is 0.869. The zero-order valence-corrected chi connectivity index (χ0v) is 12.6. The van der Waals surface area contributed by atoms with Gasteiger partial charge in [-0.05, 0) is 43.4 Å². The summed E-state index contributed by atoms with van der Waals surface area (Å²) < 4.78 is 7.35. The van der Waals surface area contributed by atoms with E-state index < -0.39 is 0 Å². The summed E-state index contributed by atoms with van der Waals surface area (Å²) >= 11 is 0. The van der Waals surface area contributed by atoms with Gasteiger partial charge in [0.05, 0.1) is 6.54 Å². The molecule has 2 heterocycles. The van der Waals surface area contributed by atoms with Crippen molar-refractivity contribution in [1.29, 1.82) is 0 Å². The molecule has 0 saturated carbocycles. The lowest BCUT2D eigenvalue weighted by Crippen LogP contribution is -2.17. The van der Waals surface area contributed by atoms with E-state index >= 15 is 0 Å². The topological polar surface area (TPSA) is 34.5 Å². The number of carbonyl (C=O) groups excluding carboxylic acids is 1. The van der Waals surface area contributed by atoms with Crippen molar-refractivity contribution >= 4 is 17.0 Å². The highest BCUT2D eigenvalue weighted by molar-refractivity contribution is 5.86. The van der Waals surface area contributed by atoms with Crippen molar-refractivity contribution in [2.24, 2.45) is 0 Å². The lowest BCUT2D eigenvalue weighted by Gasteiger charge is -2.15. The molecule has 0 spiro atoms. The van der Waals surface area contributed by atoms with Crippen LogP contribution in [-0.4, -0.2) is 28.7 Å². The Bertz CT molecular complexity index is 745. The molecule has 0 radical (unpaired) electrons. The highest BCUT2D eigenvalue weighted by Crippen LogP contribution is 2.32. The summed E-state index contributed by atoms with van der Waals surface area (Å²) in [6, 6.07) is 8.66. The number of cyclic esters (lactones) is 1. The first-order valence-corrected chi connectivity index (χ1v) is 8.03. The number of allylic oxidation sites excluding steroid dienone is 1. The van der Waals surface area contributed by atoms with E-state index in [2.05, 4.69) is 34.9 Å². The van der Waals surface area contributed by atoms with Crippen molar-refractivity contribution in [2.45, 2.75) is 32.2 Å². The first-order valence-electron chi connectivity index (χ1n) is 8.03.